The van der Waals surface area contributed by atoms with Gasteiger partial charge in [0.2, 0.25) is 0 Å². The topological polar surface area (TPSA) is 66.7 Å². The van der Waals surface area contributed by atoms with Crippen molar-refractivity contribution in [1.82, 2.24) is 14.3 Å². The molecule has 1 saturated heterocycles. The van der Waals surface area contributed by atoms with Gasteiger partial charge in [-0.2, -0.15) is 0 Å². The van der Waals surface area contributed by atoms with Crippen molar-refractivity contribution in [3.8, 4) is 0 Å². The second-order valence-corrected chi connectivity index (χ2v) is 9.48. The molecule has 0 aliphatic carbocycles. The number of hydrogen-bond donors (Lipinski definition) is 1. The number of aromatic nitrogens is 2. The number of unbranched alkanes of at least 4 members (excludes halogenated alkanes) is 1. The maximum atomic E-state index is 13.2. The number of pyridine rings is 1. The first-order valence-electron chi connectivity index (χ1n) is 10.9. The zero-order chi connectivity index (χ0) is 22.5. The van der Waals surface area contributed by atoms with E-state index in [4.69, 9.17) is 12.2 Å². The Kier molecular flexibility index (Phi) is 7.89. The van der Waals surface area contributed by atoms with E-state index in [1.54, 1.807) is 17.2 Å². The van der Waals surface area contributed by atoms with E-state index < -0.39 is 0 Å². The van der Waals surface area contributed by atoms with E-state index >= 15 is 0 Å². The highest BCUT2D eigenvalue weighted by Gasteiger charge is 2.33. The fraction of sp³-hybridized carbons (Fsp3) is 0.478. The molecule has 6 nitrogen and oxygen atoms in total. The fourth-order valence-corrected chi connectivity index (χ4v) is 4.96. The molecule has 1 aliphatic heterocycles. The van der Waals surface area contributed by atoms with E-state index in [9.17, 15) is 9.59 Å². The van der Waals surface area contributed by atoms with E-state index in [1.807, 2.05) is 26.0 Å². The number of nitrogens with one attached hydrogen (secondary N) is 1. The SMILES string of the molecule is CCCCC(CC)CN1C(=O)/C(=C\c2c(NCC)nc3c(C)cccn3c2=O)SC1=S. The van der Waals surface area contributed by atoms with Crippen LogP contribution >= 0.6 is 24.0 Å². The average Bonchev–Trinajstić information content (AvgIpc) is 3.01. The Morgan fingerprint density at radius 3 is 2.74 bits per heavy atom. The number of carbonyl (C=O) groups is 1. The van der Waals surface area contributed by atoms with Crippen LogP contribution in [0.4, 0.5) is 5.82 Å². The van der Waals surface area contributed by atoms with Crippen LogP contribution in [0, 0.1) is 12.8 Å². The molecule has 3 rings (SSSR count). The molecule has 2 aromatic heterocycles. The molecule has 2 aromatic rings. The van der Waals surface area contributed by atoms with Gasteiger partial charge in [0.1, 0.15) is 15.8 Å². The monoisotopic (exact) mass is 458 g/mol. The Labute approximate surface area is 193 Å². The first kappa shape index (κ1) is 23.5. The summed E-state index contributed by atoms with van der Waals surface area (Å²) in [5.74, 6) is 0.789. The van der Waals surface area contributed by atoms with Gasteiger partial charge in [-0.1, -0.05) is 63.2 Å². The Bertz CT molecular complexity index is 1080. The summed E-state index contributed by atoms with van der Waals surface area (Å²) in [7, 11) is 0. The van der Waals surface area contributed by atoms with Crippen molar-refractivity contribution in [1.29, 1.82) is 0 Å². The molecule has 1 atom stereocenters. The second kappa shape index (κ2) is 10.4. The molecule has 0 radical (unpaired) electrons. The molecule has 0 saturated carbocycles. The number of rotatable bonds is 9. The number of carbonyl (C=O) groups excluding carboxylic acids is 1. The van der Waals surface area contributed by atoms with Crippen LogP contribution in [-0.4, -0.2) is 37.6 Å². The standard InChI is InChI=1S/C23H30N4O2S2/c1-5-8-11-16(6-2)14-27-22(29)18(31-23(27)30)13-17-19(24-7-3)25-20-15(4)10-9-12-26(20)21(17)28/h9-10,12-13,16,24H,5-8,11,14H2,1-4H3/b18-13+. The summed E-state index contributed by atoms with van der Waals surface area (Å²) in [6, 6.07) is 3.74. The predicted octanol–water partition coefficient (Wildman–Crippen LogP) is 4.85. The van der Waals surface area contributed by atoms with Crippen molar-refractivity contribution >= 4 is 51.7 Å². The van der Waals surface area contributed by atoms with Gasteiger partial charge < -0.3 is 5.32 Å². The molecular formula is C23H30N4O2S2. The van der Waals surface area contributed by atoms with Crippen molar-refractivity contribution in [2.75, 3.05) is 18.4 Å². The van der Waals surface area contributed by atoms with Gasteiger partial charge in [-0.3, -0.25) is 18.9 Å². The summed E-state index contributed by atoms with van der Waals surface area (Å²) in [4.78, 5) is 33.2. The van der Waals surface area contributed by atoms with E-state index in [2.05, 4.69) is 24.1 Å². The van der Waals surface area contributed by atoms with Crippen LogP contribution in [0.15, 0.2) is 28.0 Å². The zero-order valence-electron chi connectivity index (χ0n) is 18.6. The van der Waals surface area contributed by atoms with Gasteiger partial charge in [-0.25, -0.2) is 4.98 Å². The third-order valence-electron chi connectivity index (χ3n) is 5.56. The zero-order valence-corrected chi connectivity index (χ0v) is 20.2. The minimum absolute atomic E-state index is 0.124. The lowest BCUT2D eigenvalue weighted by atomic mass is 9.99. The number of fused-ring (bicyclic) bond motifs is 1. The summed E-state index contributed by atoms with van der Waals surface area (Å²) < 4.78 is 2.08. The smallest absolute Gasteiger partial charge is 0.267 e. The van der Waals surface area contributed by atoms with Crippen molar-refractivity contribution in [2.24, 2.45) is 5.92 Å². The average molecular weight is 459 g/mol. The Morgan fingerprint density at radius 1 is 1.29 bits per heavy atom. The molecule has 1 N–H and O–H groups in total. The maximum Gasteiger partial charge on any atom is 0.267 e. The molecule has 0 spiro atoms. The van der Waals surface area contributed by atoms with Gasteiger partial charge in [0.05, 0.1) is 10.5 Å². The molecule has 8 heteroatoms. The van der Waals surface area contributed by atoms with E-state index in [1.165, 1.54) is 16.2 Å². The lowest BCUT2D eigenvalue weighted by molar-refractivity contribution is -0.122. The molecule has 1 aliphatic rings. The van der Waals surface area contributed by atoms with E-state index in [0.717, 1.165) is 31.2 Å². The minimum Gasteiger partial charge on any atom is -0.370 e. The van der Waals surface area contributed by atoms with Crippen LogP contribution in [0.3, 0.4) is 0 Å². The second-order valence-electron chi connectivity index (χ2n) is 7.80. The fourth-order valence-electron chi connectivity index (χ4n) is 3.71. The van der Waals surface area contributed by atoms with E-state index in [-0.39, 0.29) is 11.5 Å². The van der Waals surface area contributed by atoms with Crippen LogP contribution in [-0.2, 0) is 4.79 Å². The number of amides is 1. The van der Waals surface area contributed by atoms with Crippen LogP contribution in [0.5, 0.6) is 0 Å². The summed E-state index contributed by atoms with van der Waals surface area (Å²) in [6.45, 7) is 9.45. The third kappa shape index (κ3) is 5.01. The predicted molar refractivity (Wildman–Crippen MR) is 134 cm³/mol. The quantitative estimate of drug-likeness (QED) is 0.428. The highest BCUT2D eigenvalue weighted by atomic mass is 32.2. The molecule has 166 valence electrons. The van der Waals surface area contributed by atoms with Crippen LogP contribution in [0.2, 0.25) is 0 Å². The highest BCUT2D eigenvalue weighted by Crippen LogP contribution is 2.34. The normalized spacial score (nSPS) is 16.5. The molecule has 1 amide bonds. The molecule has 0 aromatic carbocycles. The maximum absolute atomic E-state index is 13.2. The molecule has 1 unspecified atom stereocenters. The lowest BCUT2D eigenvalue weighted by Crippen LogP contribution is -2.33. The number of thioether (sulfide) groups is 1. The van der Waals surface area contributed by atoms with Crippen LogP contribution < -0.4 is 10.9 Å². The molecular weight excluding hydrogens is 428 g/mol. The van der Waals surface area contributed by atoms with Gasteiger partial charge in [-0.15, -0.1) is 0 Å². The lowest BCUT2D eigenvalue weighted by Gasteiger charge is -2.21. The number of thiocarbonyl (C=S) groups is 1. The molecule has 31 heavy (non-hydrogen) atoms. The number of anilines is 1. The molecule has 3 heterocycles. The van der Waals surface area contributed by atoms with Gasteiger partial charge in [0.25, 0.3) is 11.5 Å². The van der Waals surface area contributed by atoms with Crippen molar-refractivity contribution in [3.05, 3.63) is 44.7 Å². The number of nitrogens with zero attached hydrogens (tertiary/aromatic N) is 3. The summed E-state index contributed by atoms with van der Waals surface area (Å²) in [5.41, 5.74) is 1.69. The van der Waals surface area contributed by atoms with Gasteiger partial charge in [-0.05, 0) is 43.9 Å². The number of hydrogen-bond acceptors (Lipinski definition) is 6. The van der Waals surface area contributed by atoms with Gasteiger partial charge in [0, 0.05) is 19.3 Å². The highest BCUT2D eigenvalue weighted by molar-refractivity contribution is 8.26. The van der Waals surface area contributed by atoms with Gasteiger partial charge >= 0.3 is 0 Å². The third-order valence-corrected chi connectivity index (χ3v) is 6.94. The van der Waals surface area contributed by atoms with Crippen LogP contribution in [0.25, 0.3) is 11.7 Å². The first-order valence-corrected chi connectivity index (χ1v) is 12.1. The van der Waals surface area contributed by atoms with Gasteiger partial charge in [0.15, 0.2) is 0 Å². The molecule has 0 bridgehead atoms. The summed E-state index contributed by atoms with van der Waals surface area (Å²) in [6.07, 6.45) is 7.73. The Hall–Kier alpha value is -2.19. The molecule has 1 fully saturated rings. The van der Waals surface area contributed by atoms with E-state index in [0.29, 0.717) is 45.3 Å². The first-order chi connectivity index (χ1) is 14.9. The Balaban J connectivity index is 1.98. The number of aryl methyl sites for hydroxylation is 1. The summed E-state index contributed by atoms with van der Waals surface area (Å²) >= 11 is 6.78. The summed E-state index contributed by atoms with van der Waals surface area (Å²) in [5, 5.41) is 3.18. The Morgan fingerprint density at radius 2 is 2.06 bits per heavy atom. The van der Waals surface area contributed by atoms with Crippen LogP contribution in [0.1, 0.15) is 57.6 Å². The minimum atomic E-state index is -0.204. The van der Waals surface area contributed by atoms with Crippen molar-refractivity contribution < 1.29 is 4.79 Å². The van der Waals surface area contributed by atoms with Crippen molar-refractivity contribution in [2.45, 2.75) is 53.4 Å². The largest absolute Gasteiger partial charge is 0.370 e. The van der Waals surface area contributed by atoms with Crippen molar-refractivity contribution in [3.63, 3.8) is 0 Å².